The van der Waals surface area contributed by atoms with E-state index in [2.05, 4.69) is 15.2 Å². The second-order valence-corrected chi connectivity index (χ2v) is 8.24. The zero-order valence-electron chi connectivity index (χ0n) is 17.7. The van der Waals surface area contributed by atoms with Gasteiger partial charge in [0.1, 0.15) is 23.1 Å². The second-order valence-electron chi connectivity index (χ2n) is 8.24. The molecule has 1 N–H and O–H groups in total. The SMILES string of the molecule is CC(=O)Nc1cc(-c2ccc(F)cc2)cc(N2CCN(C(=O)OC(C)(C)C)CC2)n1. The molecule has 2 amide bonds. The van der Waals surface area contributed by atoms with E-state index >= 15 is 0 Å². The van der Waals surface area contributed by atoms with Crippen molar-refractivity contribution in [3.05, 3.63) is 42.2 Å². The van der Waals surface area contributed by atoms with E-state index in [1.165, 1.54) is 19.1 Å². The molecule has 1 saturated heterocycles. The molecule has 1 aromatic carbocycles. The first kappa shape index (κ1) is 21.5. The van der Waals surface area contributed by atoms with Crippen molar-refractivity contribution in [2.45, 2.75) is 33.3 Å². The van der Waals surface area contributed by atoms with E-state index in [0.29, 0.717) is 37.8 Å². The Balaban J connectivity index is 1.80. The smallest absolute Gasteiger partial charge is 0.410 e. The Morgan fingerprint density at radius 2 is 1.67 bits per heavy atom. The quantitative estimate of drug-likeness (QED) is 0.824. The van der Waals surface area contributed by atoms with Gasteiger partial charge >= 0.3 is 6.09 Å². The molecule has 2 heterocycles. The first-order chi connectivity index (χ1) is 14.1. The van der Waals surface area contributed by atoms with E-state index in [1.54, 1.807) is 23.1 Å². The van der Waals surface area contributed by atoms with Gasteiger partial charge in [0.05, 0.1) is 0 Å². The minimum atomic E-state index is -0.535. The van der Waals surface area contributed by atoms with Gasteiger partial charge in [0.2, 0.25) is 5.91 Å². The monoisotopic (exact) mass is 414 g/mol. The lowest BCUT2D eigenvalue weighted by atomic mass is 10.1. The Labute approximate surface area is 175 Å². The number of hydrogen-bond acceptors (Lipinski definition) is 5. The van der Waals surface area contributed by atoms with Crippen LogP contribution in [0.25, 0.3) is 11.1 Å². The molecule has 1 fully saturated rings. The van der Waals surface area contributed by atoms with Gasteiger partial charge in [-0.1, -0.05) is 12.1 Å². The van der Waals surface area contributed by atoms with Crippen LogP contribution in [0.3, 0.4) is 0 Å². The van der Waals surface area contributed by atoms with Crippen molar-refractivity contribution in [2.75, 3.05) is 36.4 Å². The highest BCUT2D eigenvalue weighted by Crippen LogP contribution is 2.28. The van der Waals surface area contributed by atoms with Crippen LogP contribution in [0.2, 0.25) is 0 Å². The summed E-state index contributed by atoms with van der Waals surface area (Å²) in [5.41, 5.74) is 1.10. The predicted molar refractivity (Wildman–Crippen MR) is 114 cm³/mol. The molecule has 8 heteroatoms. The van der Waals surface area contributed by atoms with Gasteiger partial charge in [-0.25, -0.2) is 14.2 Å². The number of nitrogens with one attached hydrogen (secondary N) is 1. The molecule has 0 radical (unpaired) electrons. The first-order valence-electron chi connectivity index (χ1n) is 9.89. The number of hydrogen-bond donors (Lipinski definition) is 1. The third-order valence-electron chi connectivity index (χ3n) is 4.55. The number of pyridine rings is 1. The molecule has 1 aliphatic rings. The fourth-order valence-electron chi connectivity index (χ4n) is 3.18. The fraction of sp³-hybridized carbons (Fsp3) is 0.409. The van der Waals surface area contributed by atoms with Crippen molar-refractivity contribution in [2.24, 2.45) is 0 Å². The fourth-order valence-corrected chi connectivity index (χ4v) is 3.18. The van der Waals surface area contributed by atoms with Crippen LogP contribution in [0.4, 0.5) is 20.8 Å². The lowest BCUT2D eigenvalue weighted by molar-refractivity contribution is -0.114. The standard InChI is InChI=1S/C22H27FN4O3/c1-15(28)24-19-13-17(16-5-7-18(23)8-6-16)14-20(25-19)26-9-11-27(12-10-26)21(29)30-22(2,3)4/h5-8,13-14H,9-12H2,1-4H3,(H,24,25,28). The highest BCUT2D eigenvalue weighted by molar-refractivity contribution is 5.89. The molecule has 160 valence electrons. The molecule has 0 aliphatic carbocycles. The molecule has 3 rings (SSSR count). The van der Waals surface area contributed by atoms with E-state index in [1.807, 2.05) is 26.8 Å². The Morgan fingerprint density at radius 3 is 2.23 bits per heavy atom. The van der Waals surface area contributed by atoms with Crippen molar-refractivity contribution in [1.82, 2.24) is 9.88 Å². The second kappa shape index (κ2) is 8.69. The third kappa shape index (κ3) is 5.68. The van der Waals surface area contributed by atoms with Crippen LogP contribution >= 0.6 is 0 Å². The van der Waals surface area contributed by atoms with Crippen LogP contribution in [0.5, 0.6) is 0 Å². The van der Waals surface area contributed by atoms with Crippen molar-refractivity contribution >= 4 is 23.6 Å². The summed E-state index contributed by atoms with van der Waals surface area (Å²) in [5, 5.41) is 2.72. The number of benzene rings is 1. The maximum absolute atomic E-state index is 13.3. The molecule has 30 heavy (non-hydrogen) atoms. The van der Waals surface area contributed by atoms with E-state index in [0.717, 1.165) is 11.1 Å². The molecule has 0 unspecified atom stereocenters. The Hall–Kier alpha value is -3.16. The molecule has 0 spiro atoms. The topological polar surface area (TPSA) is 74.8 Å². The molecule has 7 nitrogen and oxygen atoms in total. The van der Waals surface area contributed by atoms with Crippen molar-refractivity contribution in [3.8, 4) is 11.1 Å². The Morgan fingerprint density at radius 1 is 1.03 bits per heavy atom. The van der Waals surface area contributed by atoms with Crippen LogP contribution in [-0.2, 0) is 9.53 Å². The van der Waals surface area contributed by atoms with E-state index < -0.39 is 5.60 Å². The average Bonchev–Trinajstić information content (AvgIpc) is 2.66. The van der Waals surface area contributed by atoms with Gasteiger partial charge in [0.15, 0.2) is 0 Å². The minimum Gasteiger partial charge on any atom is -0.444 e. The molecule has 0 saturated carbocycles. The lowest BCUT2D eigenvalue weighted by Gasteiger charge is -2.36. The van der Waals surface area contributed by atoms with Gasteiger partial charge in [0, 0.05) is 33.1 Å². The highest BCUT2D eigenvalue weighted by Gasteiger charge is 2.26. The number of amides is 2. The average molecular weight is 414 g/mol. The summed E-state index contributed by atoms with van der Waals surface area (Å²) in [6.07, 6.45) is -0.325. The number of halogens is 1. The summed E-state index contributed by atoms with van der Waals surface area (Å²) in [6, 6.07) is 9.83. The number of piperazine rings is 1. The van der Waals surface area contributed by atoms with E-state index in [4.69, 9.17) is 4.74 Å². The predicted octanol–water partition coefficient (Wildman–Crippen LogP) is 3.90. The van der Waals surface area contributed by atoms with Crippen molar-refractivity contribution in [3.63, 3.8) is 0 Å². The summed E-state index contributed by atoms with van der Waals surface area (Å²) in [7, 11) is 0. The number of anilines is 2. The maximum Gasteiger partial charge on any atom is 0.410 e. The van der Waals surface area contributed by atoms with Crippen molar-refractivity contribution in [1.29, 1.82) is 0 Å². The number of carbonyl (C=O) groups is 2. The van der Waals surface area contributed by atoms with Crippen LogP contribution in [0.15, 0.2) is 36.4 Å². The van der Waals surface area contributed by atoms with Crippen LogP contribution in [0, 0.1) is 5.82 Å². The highest BCUT2D eigenvalue weighted by atomic mass is 19.1. The molecular formula is C22H27FN4O3. The summed E-state index contributed by atoms with van der Waals surface area (Å²) >= 11 is 0. The zero-order valence-corrected chi connectivity index (χ0v) is 17.7. The largest absolute Gasteiger partial charge is 0.444 e. The maximum atomic E-state index is 13.3. The third-order valence-corrected chi connectivity index (χ3v) is 4.55. The van der Waals surface area contributed by atoms with E-state index in [-0.39, 0.29) is 17.8 Å². The number of nitrogens with zero attached hydrogens (tertiary/aromatic N) is 3. The van der Waals surface area contributed by atoms with Gasteiger partial charge in [0.25, 0.3) is 0 Å². The molecule has 2 aromatic rings. The van der Waals surface area contributed by atoms with Crippen molar-refractivity contribution < 1.29 is 18.7 Å². The molecule has 0 atom stereocenters. The Bertz CT molecular complexity index is 917. The first-order valence-corrected chi connectivity index (χ1v) is 9.89. The van der Waals surface area contributed by atoms with Gasteiger partial charge in [-0.2, -0.15) is 0 Å². The molecule has 1 aliphatic heterocycles. The number of ether oxygens (including phenoxy) is 1. The number of rotatable bonds is 3. The zero-order chi connectivity index (χ0) is 21.9. The Kier molecular flexibility index (Phi) is 6.24. The molecule has 1 aromatic heterocycles. The number of carbonyl (C=O) groups excluding carboxylic acids is 2. The van der Waals surface area contributed by atoms with Gasteiger partial charge in [-0.3, -0.25) is 4.79 Å². The summed E-state index contributed by atoms with van der Waals surface area (Å²) < 4.78 is 18.8. The lowest BCUT2D eigenvalue weighted by Crippen LogP contribution is -2.50. The van der Waals surface area contributed by atoms with Gasteiger partial charge in [-0.15, -0.1) is 0 Å². The van der Waals surface area contributed by atoms with Crippen LogP contribution in [0.1, 0.15) is 27.7 Å². The van der Waals surface area contributed by atoms with Gasteiger partial charge < -0.3 is 19.9 Å². The minimum absolute atomic E-state index is 0.223. The van der Waals surface area contributed by atoms with E-state index in [9.17, 15) is 14.0 Å². The summed E-state index contributed by atoms with van der Waals surface area (Å²) in [4.78, 5) is 32.1. The van der Waals surface area contributed by atoms with Crippen LogP contribution in [-0.4, -0.2) is 53.7 Å². The number of aromatic nitrogens is 1. The summed E-state index contributed by atoms with van der Waals surface area (Å²) in [6.45, 7) is 9.13. The summed E-state index contributed by atoms with van der Waals surface area (Å²) in [5.74, 6) is 0.575. The van der Waals surface area contributed by atoms with Gasteiger partial charge in [-0.05, 0) is 56.2 Å². The normalized spacial score (nSPS) is 14.4. The van der Waals surface area contributed by atoms with Crippen LogP contribution < -0.4 is 10.2 Å². The molecular weight excluding hydrogens is 387 g/mol. The molecule has 0 bridgehead atoms.